The Morgan fingerprint density at radius 3 is 1.55 bits per heavy atom. The van der Waals surface area contributed by atoms with Crippen LogP contribution in [-0.2, 0) is 71.4 Å². The largest absolute Gasteiger partial charge is 0.387 e. The molecule has 0 spiro atoms. The van der Waals surface area contributed by atoms with Gasteiger partial charge in [0.25, 0.3) is 26.3 Å². The number of hydrogen-bond donors (Lipinski definition) is 3. The number of rotatable bonds is 7. The summed E-state index contributed by atoms with van der Waals surface area (Å²) >= 11 is 0. The van der Waals surface area contributed by atoms with Crippen molar-refractivity contribution in [1.82, 2.24) is 34.1 Å². The highest BCUT2D eigenvalue weighted by Crippen LogP contribution is 2.41. The van der Waals surface area contributed by atoms with Gasteiger partial charge in [-0.05, 0) is 200 Å². The summed E-state index contributed by atoms with van der Waals surface area (Å²) < 4.78 is 58.5. The number of nitrogens with one attached hydrogen (secondary N) is 2. The number of primary sulfonamides is 1. The molecule has 10 rings (SSSR count). The van der Waals surface area contributed by atoms with Gasteiger partial charge in [0.1, 0.15) is 5.75 Å². The van der Waals surface area contributed by atoms with E-state index in [4.69, 9.17) is 15.1 Å². The number of benzene rings is 2. The van der Waals surface area contributed by atoms with E-state index in [1.54, 1.807) is 21.8 Å². The van der Waals surface area contributed by atoms with Gasteiger partial charge in [0.2, 0.25) is 0 Å². The van der Waals surface area contributed by atoms with E-state index in [0.29, 0.717) is 0 Å². The number of aromatic nitrogens is 4. The van der Waals surface area contributed by atoms with Crippen LogP contribution >= 0.6 is 0 Å². The number of nitriles is 1. The predicted octanol–water partition coefficient (Wildman–Crippen LogP) is 4.96. The predicted molar refractivity (Wildman–Crippen MR) is 234 cm³/mol. The van der Waals surface area contributed by atoms with Gasteiger partial charge in [-0.3, -0.25) is 9.36 Å². The third-order valence-electron chi connectivity index (χ3n) is 13.4. The van der Waals surface area contributed by atoms with Crippen LogP contribution in [-0.4, -0.2) is 92.5 Å². The van der Waals surface area contributed by atoms with Gasteiger partial charge < -0.3 is 19.9 Å². The van der Waals surface area contributed by atoms with Gasteiger partial charge in [0.05, 0.1) is 12.1 Å². The minimum atomic E-state index is -4.04. The molecule has 0 unspecified atom stereocenters. The highest BCUT2D eigenvalue weighted by Gasteiger charge is 2.29. The van der Waals surface area contributed by atoms with Gasteiger partial charge in [0, 0.05) is 18.1 Å². The van der Waals surface area contributed by atoms with Gasteiger partial charge in [0.15, 0.2) is 10.1 Å². The second-order valence-corrected chi connectivity index (χ2v) is 20.7. The molecule has 332 valence electrons. The second-order valence-electron chi connectivity index (χ2n) is 17.6. The number of urea groups is 1. The van der Waals surface area contributed by atoms with E-state index in [1.165, 1.54) is 69.5 Å². The maximum absolute atomic E-state index is 12.8. The standard InChI is InChI=1S/C22H29N5O3S.C13H13NO.C9H16N4O2S/c1-26-11-8-17(9-12-26)27-13-10-20(24-27)31(29,30)25-22(28)23-21-18-6-2-4-15(18)14-16-5-3-7-19(16)21;14-8-15-13-11-5-1-3-9(11)7-10-4-2-6-12(10)13;1-12-5-2-8(3-6-12)13-7-4-9(11-13)16(10,14)15/h10,13-14,17H,2-9,11-12H2,1H3,(H2,23,25,28);7H,1-6H2;4,7-8H,2-3,5-6H2,1H3,(H2,10,14,15). The summed E-state index contributed by atoms with van der Waals surface area (Å²) in [6.45, 7) is 3.93. The zero-order valence-corrected chi connectivity index (χ0v) is 37.4. The number of amides is 2. The Morgan fingerprint density at radius 1 is 0.694 bits per heavy atom. The first-order valence-corrected chi connectivity index (χ1v) is 25.0. The number of sulfonamides is 2. The lowest BCUT2D eigenvalue weighted by molar-refractivity contribution is 0.211. The van der Waals surface area contributed by atoms with Crippen LogP contribution in [0.25, 0.3) is 0 Å². The van der Waals surface area contributed by atoms with Crippen molar-refractivity contribution >= 4 is 31.8 Å². The molecular formula is C44H58N10O6S2. The summed E-state index contributed by atoms with van der Waals surface area (Å²) in [6.07, 6.45) is 22.0. The van der Waals surface area contributed by atoms with Crippen molar-refractivity contribution in [2.24, 2.45) is 5.14 Å². The Kier molecular flexibility index (Phi) is 13.1. The molecule has 62 heavy (non-hydrogen) atoms. The third-order valence-corrected chi connectivity index (χ3v) is 15.4. The minimum absolute atomic E-state index is 0.0496. The molecule has 18 heteroatoms. The second kappa shape index (κ2) is 18.5. The molecular weight excluding hydrogens is 829 g/mol. The van der Waals surface area contributed by atoms with Crippen LogP contribution in [0.5, 0.6) is 5.75 Å². The monoisotopic (exact) mass is 886 g/mol. The average Bonchev–Trinajstić information content (AvgIpc) is 4.09. The molecule has 2 aliphatic heterocycles. The number of carbonyl (C=O) groups excluding carboxylic acids is 1. The lowest BCUT2D eigenvalue weighted by Crippen LogP contribution is -2.35. The summed E-state index contributed by atoms with van der Waals surface area (Å²) in [5.74, 6) is 0.903. The van der Waals surface area contributed by atoms with Crippen LogP contribution in [0, 0.1) is 11.5 Å². The zero-order valence-electron chi connectivity index (χ0n) is 35.7. The molecule has 2 aromatic carbocycles. The third kappa shape index (κ3) is 9.71. The number of nitrogens with two attached hydrogens (primary N) is 1. The summed E-state index contributed by atoms with van der Waals surface area (Å²) in [6, 6.07) is 7.28. The average molecular weight is 887 g/mol. The molecule has 4 N–H and O–H groups in total. The molecule has 6 aliphatic rings. The van der Waals surface area contributed by atoms with E-state index in [2.05, 4.69) is 56.3 Å². The number of ether oxygens (including phenoxy) is 1. The molecule has 0 atom stereocenters. The molecule has 4 heterocycles. The maximum atomic E-state index is 12.8. The van der Waals surface area contributed by atoms with Crippen LogP contribution in [0.15, 0.2) is 46.7 Å². The number of hydrogen-bond acceptors (Lipinski definition) is 11. The van der Waals surface area contributed by atoms with E-state index >= 15 is 0 Å². The SMILES string of the molecule is CN1CCC(n2ccc(S(=O)(=O)NC(=O)Nc3c4c(cc5c3CCC5)CCC4)n2)CC1.CN1CCC(n2ccc(S(N)(=O)=O)n2)CC1.N#COc1c2c(cc3c1CCC3)CCC2. The zero-order chi connectivity index (χ0) is 43.6. The molecule has 4 aliphatic carbocycles. The van der Waals surface area contributed by atoms with Crippen LogP contribution in [0.3, 0.4) is 0 Å². The Morgan fingerprint density at radius 2 is 1.11 bits per heavy atom. The van der Waals surface area contributed by atoms with Gasteiger partial charge >= 0.3 is 6.03 Å². The van der Waals surface area contributed by atoms with Gasteiger partial charge in [-0.2, -0.15) is 18.6 Å². The fourth-order valence-electron chi connectivity index (χ4n) is 10.1. The van der Waals surface area contributed by atoms with Crippen molar-refractivity contribution in [2.45, 2.75) is 125 Å². The molecule has 0 saturated carbocycles. The summed E-state index contributed by atoms with van der Waals surface area (Å²) in [7, 11) is -3.56. The van der Waals surface area contributed by atoms with Crippen molar-refractivity contribution in [3.63, 3.8) is 0 Å². The molecule has 4 aromatic rings. The summed E-state index contributed by atoms with van der Waals surface area (Å²) in [5, 5.41) is 24.7. The quantitative estimate of drug-likeness (QED) is 0.211. The van der Waals surface area contributed by atoms with Crippen molar-refractivity contribution in [2.75, 3.05) is 45.6 Å². The lowest BCUT2D eigenvalue weighted by atomic mass is 9.99. The number of carbonyl (C=O) groups is 1. The lowest BCUT2D eigenvalue weighted by Gasteiger charge is -2.28. The van der Waals surface area contributed by atoms with Gasteiger partial charge in [-0.25, -0.2) is 23.1 Å². The fourth-order valence-corrected chi connectivity index (χ4v) is 11.4. The number of piperidine rings is 2. The smallest absolute Gasteiger partial charge is 0.333 e. The first-order chi connectivity index (χ1) is 29.8. The van der Waals surface area contributed by atoms with E-state index in [1.807, 2.05) is 6.26 Å². The molecule has 2 saturated heterocycles. The molecule has 0 bridgehead atoms. The van der Waals surface area contributed by atoms with Gasteiger partial charge in [-0.1, -0.05) is 12.1 Å². The van der Waals surface area contributed by atoms with Crippen LogP contribution in [0.4, 0.5) is 10.5 Å². The molecule has 2 amide bonds. The summed E-state index contributed by atoms with van der Waals surface area (Å²) in [5.41, 5.74) is 11.2. The Balaban J connectivity index is 0.000000143. The van der Waals surface area contributed by atoms with Crippen molar-refractivity contribution in [3.8, 4) is 12.0 Å². The van der Waals surface area contributed by atoms with Crippen molar-refractivity contribution < 1.29 is 26.4 Å². The number of nitrogens with zero attached hydrogens (tertiary/aromatic N) is 7. The molecule has 0 radical (unpaired) electrons. The number of aryl methyl sites for hydroxylation is 4. The Bertz CT molecular complexity index is 2500. The number of fused-ring (bicyclic) bond motifs is 4. The van der Waals surface area contributed by atoms with Crippen molar-refractivity contribution in [1.29, 1.82) is 5.26 Å². The van der Waals surface area contributed by atoms with Gasteiger partial charge in [-0.15, -0.1) is 5.26 Å². The van der Waals surface area contributed by atoms with Crippen LogP contribution < -0.4 is 19.9 Å². The highest BCUT2D eigenvalue weighted by atomic mass is 32.2. The van der Waals surface area contributed by atoms with Crippen LogP contribution in [0.1, 0.15) is 108 Å². The van der Waals surface area contributed by atoms with E-state index in [9.17, 15) is 21.6 Å². The van der Waals surface area contributed by atoms with Crippen molar-refractivity contribution in [3.05, 3.63) is 81.2 Å². The summed E-state index contributed by atoms with van der Waals surface area (Å²) in [4.78, 5) is 17.2. The van der Waals surface area contributed by atoms with E-state index in [-0.39, 0.29) is 22.1 Å². The van der Waals surface area contributed by atoms with E-state index in [0.717, 1.165) is 128 Å². The minimum Gasteiger partial charge on any atom is -0.387 e. The molecule has 16 nitrogen and oxygen atoms in total. The maximum Gasteiger partial charge on any atom is 0.333 e. The normalized spacial score (nSPS) is 18.9. The van der Waals surface area contributed by atoms with E-state index < -0.39 is 26.1 Å². The molecule has 2 aromatic heterocycles. The fraction of sp³-hybridized carbons (Fsp3) is 0.545. The first-order valence-electron chi connectivity index (χ1n) is 22.0. The Labute approximate surface area is 364 Å². The Hall–Kier alpha value is -4.80. The highest BCUT2D eigenvalue weighted by molar-refractivity contribution is 7.90. The van der Waals surface area contributed by atoms with Crippen LogP contribution in [0.2, 0.25) is 0 Å². The topological polar surface area (TPSA) is 211 Å². The number of anilines is 1. The molecule has 2 fully saturated rings. The first kappa shape index (κ1) is 43.8. The number of likely N-dealkylation sites (tertiary alicyclic amines) is 2.